The topological polar surface area (TPSA) is 62.4 Å². The van der Waals surface area contributed by atoms with Crippen molar-refractivity contribution in [3.05, 3.63) is 22.5 Å². The number of carbonyl (C=O) groups excluding carboxylic acids is 2. The van der Waals surface area contributed by atoms with Crippen molar-refractivity contribution < 1.29 is 14.3 Å². The first kappa shape index (κ1) is 14.8. The Morgan fingerprint density at radius 2 is 2.00 bits per heavy atom. The minimum Gasteiger partial charge on any atom is -0.465 e. The van der Waals surface area contributed by atoms with Crippen molar-refractivity contribution >= 4 is 11.8 Å². The zero-order valence-electron chi connectivity index (χ0n) is 12.6. The van der Waals surface area contributed by atoms with E-state index in [0.29, 0.717) is 35.1 Å². The predicted molar refractivity (Wildman–Crippen MR) is 76.2 cm³/mol. The van der Waals surface area contributed by atoms with E-state index in [4.69, 9.17) is 4.74 Å². The van der Waals surface area contributed by atoms with Crippen LogP contribution in [-0.2, 0) is 4.74 Å². The van der Waals surface area contributed by atoms with Crippen molar-refractivity contribution in [3.8, 4) is 0 Å². The van der Waals surface area contributed by atoms with Gasteiger partial charge in [-0.25, -0.2) is 4.79 Å². The van der Waals surface area contributed by atoms with Crippen molar-refractivity contribution in [3.63, 3.8) is 0 Å². The van der Waals surface area contributed by atoms with Crippen LogP contribution in [0.1, 0.15) is 51.9 Å². The van der Waals surface area contributed by atoms with Gasteiger partial charge >= 0.3 is 5.97 Å². The highest BCUT2D eigenvalue weighted by Gasteiger charge is 2.30. The third kappa shape index (κ3) is 2.77. The quantitative estimate of drug-likeness (QED) is 0.639. The predicted octanol–water partition coefficient (Wildman–Crippen LogP) is 2.09. The van der Waals surface area contributed by atoms with Gasteiger partial charge in [0.1, 0.15) is 0 Å². The summed E-state index contributed by atoms with van der Waals surface area (Å²) >= 11 is 0. The molecule has 110 valence electrons. The van der Waals surface area contributed by atoms with Crippen molar-refractivity contribution in [1.29, 1.82) is 0 Å². The van der Waals surface area contributed by atoms with Crippen LogP contribution in [0, 0.1) is 13.8 Å². The second kappa shape index (κ2) is 5.79. The maximum Gasteiger partial charge on any atom is 0.339 e. The summed E-state index contributed by atoms with van der Waals surface area (Å²) in [5.41, 5.74) is 2.38. The molecule has 0 amide bonds. The Kier molecular flexibility index (Phi) is 4.28. The lowest BCUT2D eigenvalue weighted by Crippen LogP contribution is -2.32. The van der Waals surface area contributed by atoms with Gasteiger partial charge in [-0.1, -0.05) is 6.92 Å². The second-order valence-corrected chi connectivity index (χ2v) is 5.33. The number of H-pyrrole nitrogens is 1. The van der Waals surface area contributed by atoms with Gasteiger partial charge in [0.25, 0.3) is 0 Å². The Morgan fingerprint density at radius 3 is 2.50 bits per heavy atom. The highest BCUT2D eigenvalue weighted by atomic mass is 16.5. The number of ketones is 1. The van der Waals surface area contributed by atoms with Gasteiger partial charge in [0.15, 0.2) is 5.78 Å². The first-order chi connectivity index (χ1) is 9.49. The maximum atomic E-state index is 12.4. The number of rotatable bonds is 6. The Labute approximate surface area is 119 Å². The maximum absolute atomic E-state index is 12.4. The number of esters is 1. The third-order valence-electron chi connectivity index (χ3n) is 3.92. The molecule has 1 N–H and O–H groups in total. The fourth-order valence-corrected chi connectivity index (χ4v) is 2.64. The van der Waals surface area contributed by atoms with Crippen LogP contribution >= 0.6 is 0 Å². The summed E-state index contributed by atoms with van der Waals surface area (Å²) in [6.45, 7) is 6.92. The minimum atomic E-state index is -0.398. The lowest BCUT2D eigenvalue weighted by molar-refractivity contribution is 0.0599. The molecule has 0 bridgehead atoms. The Hall–Kier alpha value is -1.62. The summed E-state index contributed by atoms with van der Waals surface area (Å²) in [5.74, 6) is -0.362. The van der Waals surface area contributed by atoms with Crippen LogP contribution in [0.2, 0.25) is 0 Å². The largest absolute Gasteiger partial charge is 0.465 e. The van der Waals surface area contributed by atoms with Crippen LogP contribution in [0.3, 0.4) is 0 Å². The number of aromatic amines is 1. The minimum absolute atomic E-state index is 0.0366. The standard InChI is InChI=1S/C15H22N2O3/c1-5-17(11-6-7-11)8-12(18)14-9(2)13(10(3)16-14)15(19)20-4/h11,16H,5-8H2,1-4H3. The molecule has 0 aliphatic heterocycles. The molecule has 1 saturated carbocycles. The molecule has 20 heavy (non-hydrogen) atoms. The van der Waals surface area contributed by atoms with Gasteiger partial charge < -0.3 is 9.72 Å². The fraction of sp³-hybridized carbons (Fsp3) is 0.600. The Morgan fingerprint density at radius 1 is 1.35 bits per heavy atom. The number of hydrogen-bond acceptors (Lipinski definition) is 4. The van der Waals surface area contributed by atoms with Gasteiger partial charge in [-0.05, 0) is 38.8 Å². The van der Waals surface area contributed by atoms with Gasteiger partial charge in [0, 0.05) is 11.7 Å². The lowest BCUT2D eigenvalue weighted by atomic mass is 10.1. The van der Waals surface area contributed by atoms with Crippen LogP contribution in [0.25, 0.3) is 0 Å². The summed E-state index contributed by atoms with van der Waals surface area (Å²) in [4.78, 5) is 29.4. The van der Waals surface area contributed by atoms with Crippen LogP contribution in [-0.4, -0.2) is 47.9 Å². The molecule has 2 rings (SSSR count). The van der Waals surface area contributed by atoms with Gasteiger partial charge in [0.05, 0.1) is 24.9 Å². The molecule has 0 atom stereocenters. The molecule has 1 heterocycles. The normalized spacial score (nSPS) is 14.7. The number of likely N-dealkylation sites (N-methyl/N-ethyl adjacent to an activating group) is 1. The Bertz CT molecular complexity index is 529. The average molecular weight is 278 g/mol. The van der Waals surface area contributed by atoms with E-state index in [1.807, 2.05) is 0 Å². The molecule has 1 fully saturated rings. The van der Waals surface area contributed by atoms with Gasteiger partial charge in [0.2, 0.25) is 0 Å². The molecule has 1 aliphatic carbocycles. The second-order valence-electron chi connectivity index (χ2n) is 5.33. The van der Waals surface area contributed by atoms with E-state index in [1.165, 1.54) is 20.0 Å². The molecular formula is C15H22N2O3. The zero-order chi connectivity index (χ0) is 14.9. The molecule has 5 nitrogen and oxygen atoms in total. The van der Waals surface area contributed by atoms with Crippen LogP contribution in [0.15, 0.2) is 0 Å². The molecule has 1 aliphatic rings. The van der Waals surface area contributed by atoms with E-state index in [-0.39, 0.29) is 5.78 Å². The van der Waals surface area contributed by atoms with Crippen molar-refractivity contribution in [2.45, 2.75) is 39.7 Å². The first-order valence-electron chi connectivity index (χ1n) is 7.04. The number of methoxy groups -OCH3 is 1. The Balaban J connectivity index is 2.19. The first-order valence-corrected chi connectivity index (χ1v) is 7.04. The van der Waals surface area contributed by atoms with Crippen molar-refractivity contribution in [1.82, 2.24) is 9.88 Å². The number of carbonyl (C=O) groups is 2. The number of nitrogens with zero attached hydrogens (tertiary/aromatic N) is 1. The molecule has 5 heteroatoms. The molecule has 1 aromatic heterocycles. The number of hydrogen-bond donors (Lipinski definition) is 1. The molecule has 1 aromatic rings. The van der Waals surface area contributed by atoms with E-state index in [0.717, 1.165) is 6.54 Å². The molecule has 0 spiro atoms. The lowest BCUT2D eigenvalue weighted by Gasteiger charge is -2.18. The SMILES string of the molecule is CCN(CC(=O)c1[nH]c(C)c(C(=O)OC)c1C)C1CC1. The number of aryl methyl sites for hydroxylation is 1. The number of Topliss-reactive ketones (excluding diaryl/α,β-unsaturated/α-hetero) is 1. The van der Waals surface area contributed by atoms with Crippen LogP contribution < -0.4 is 0 Å². The van der Waals surface area contributed by atoms with E-state index in [2.05, 4.69) is 16.8 Å². The van der Waals surface area contributed by atoms with Crippen molar-refractivity contribution in [2.75, 3.05) is 20.2 Å². The smallest absolute Gasteiger partial charge is 0.339 e. The van der Waals surface area contributed by atoms with Crippen LogP contribution in [0.5, 0.6) is 0 Å². The molecule has 0 saturated heterocycles. The highest BCUT2D eigenvalue weighted by molar-refractivity contribution is 6.02. The summed E-state index contributed by atoms with van der Waals surface area (Å²) < 4.78 is 4.76. The number of nitrogens with one attached hydrogen (secondary N) is 1. The summed E-state index contributed by atoms with van der Waals surface area (Å²) in [6, 6.07) is 0.556. The molecule has 0 unspecified atom stereocenters. The van der Waals surface area contributed by atoms with Gasteiger partial charge in [-0.3, -0.25) is 9.69 Å². The summed E-state index contributed by atoms with van der Waals surface area (Å²) in [6.07, 6.45) is 2.36. The molecule has 0 aromatic carbocycles. The summed E-state index contributed by atoms with van der Waals surface area (Å²) in [5, 5.41) is 0. The van der Waals surface area contributed by atoms with Crippen LogP contribution in [0.4, 0.5) is 0 Å². The monoisotopic (exact) mass is 278 g/mol. The van der Waals surface area contributed by atoms with Crippen molar-refractivity contribution in [2.24, 2.45) is 0 Å². The molecular weight excluding hydrogens is 256 g/mol. The number of ether oxygens (including phenoxy) is 1. The van der Waals surface area contributed by atoms with E-state index in [9.17, 15) is 9.59 Å². The van der Waals surface area contributed by atoms with Gasteiger partial charge in [-0.15, -0.1) is 0 Å². The molecule has 0 radical (unpaired) electrons. The fourth-order valence-electron chi connectivity index (χ4n) is 2.64. The summed E-state index contributed by atoms with van der Waals surface area (Å²) in [7, 11) is 1.35. The third-order valence-corrected chi connectivity index (χ3v) is 3.92. The number of aromatic nitrogens is 1. The highest BCUT2D eigenvalue weighted by Crippen LogP contribution is 2.27. The average Bonchev–Trinajstić information content (AvgIpc) is 3.21. The zero-order valence-corrected chi connectivity index (χ0v) is 12.6. The van der Waals surface area contributed by atoms with E-state index in [1.54, 1.807) is 13.8 Å². The van der Waals surface area contributed by atoms with E-state index >= 15 is 0 Å². The van der Waals surface area contributed by atoms with Gasteiger partial charge in [-0.2, -0.15) is 0 Å². The van der Waals surface area contributed by atoms with E-state index < -0.39 is 5.97 Å².